The average Bonchev–Trinajstić information content (AvgIpc) is 2.85. The number of Topliss-reactive ketones (excluding diaryl/α,β-unsaturated/α-hetero) is 1. The molecule has 2 atom stereocenters. The quantitative estimate of drug-likeness (QED) is 0.220. The Morgan fingerprint density at radius 3 is 2.12 bits per heavy atom. The molecule has 0 saturated heterocycles. The van der Waals surface area contributed by atoms with Crippen molar-refractivity contribution in [3.05, 3.63) is 136 Å². The van der Waals surface area contributed by atoms with E-state index in [0.717, 1.165) is 5.56 Å². The minimum atomic E-state index is -0.636. The molecule has 0 amide bonds. The molecular weight excluding hydrogens is 402 g/mol. The number of carbonyl (C=O) groups is 1. The van der Waals surface area contributed by atoms with Crippen LogP contribution in [0.15, 0.2) is 109 Å². The van der Waals surface area contributed by atoms with Crippen LogP contribution in [0.2, 0.25) is 0 Å². The van der Waals surface area contributed by atoms with Crippen molar-refractivity contribution in [2.24, 2.45) is 0 Å². The Labute approximate surface area is 185 Å². The lowest BCUT2D eigenvalue weighted by molar-refractivity contribution is -0.384. The highest BCUT2D eigenvalue weighted by Gasteiger charge is 2.33. The fourth-order valence-electron chi connectivity index (χ4n) is 3.74. The van der Waals surface area contributed by atoms with Gasteiger partial charge < -0.3 is 5.32 Å². The summed E-state index contributed by atoms with van der Waals surface area (Å²) in [6.07, 6.45) is 1.66. The van der Waals surface area contributed by atoms with E-state index in [1.165, 1.54) is 12.1 Å². The van der Waals surface area contributed by atoms with Crippen LogP contribution in [-0.4, -0.2) is 15.7 Å². The number of ketones is 1. The zero-order valence-electron chi connectivity index (χ0n) is 17.2. The van der Waals surface area contributed by atoms with Gasteiger partial charge in [0.2, 0.25) is 0 Å². The van der Waals surface area contributed by atoms with Crippen LogP contribution in [0.3, 0.4) is 0 Å². The van der Waals surface area contributed by atoms with Gasteiger partial charge in [0.05, 0.1) is 16.9 Å². The maximum Gasteiger partial charge on any atom is 0.269 e. The van der Waals surface area contributed by atoms with Crippen molar-refractivity contribution < 1.29 is 9.72 Å². The van der Waals surface area contributed by atoms with Gasteiger partial charge in [-0.1, -0.05) is 78.9 Å². The number of nitrogens with zero attached hydrogens (tertiary/aromatic N) is 2. The van der Waals surface area contributed by atoms with Gasteiger partial charge in [-0.15, -0.1) is 0 Å². The molecule has 1 N–H and O–H groups in total. The number of pyridine rings is 1. The van der Waals surface area contributed by atoms with Gasteiger partial charge in [0.1, 0.15) is 5.82 Å². The Hall–Kier alpha value is -4.32. The fourth-order valence-corrected chi connectivity index (χ4v) is 3.74. The number of nitro groups is 1. The van der Waals surface area contributed by atoms with E-state index >= 15 is 0 Å². The summed E-state index contributed by atoms with van der Waals surface area (Å²) in [5.74, 6) is -0.148. The van der Waals surface area contributed by atoms with Crippen molar-refractivity contribution in [3.8, 4) is 0 Å². The lowest BCUT2D eigenvalue weighted by atomic mass is 9.81. The zero-order chi connectivity index (χ0) is 22.3. The minimum Gasteiger partial charge on any atom is -0.362 e. The molecule has 0 unspecified atom stereocenters. The van der Waals surface area contributed by atoms with E-state index in [0.29, 0.717) is 16.9 Å². The number of nitrogens with one attached hydrogen (secondary N) is 1. The number of hydrogen-bond acceptors (Lipinski definition) is 5. The molecule has 0 aliphatic carbocycles. The number of benzene rings is 3. The predicted octanol–water partition coefficient (Wildman–Crippen LogP) is 5.81. The summed E-state index contributed by atoms with van der Waals surface area (Å²) >= 11 is 0. The molecule has 0 saturated carbocycles. The normalized spacial score (nSPS) is 12.5. The first-order valence-corrected chi connectivity index (χ1v) is 10.2. The molecule has 0 aliphatic heterocycles. The van der Waals surface area contributed by atoms with Crippen molar-refractivity contribution in [1.82, 2.24) is 4.98 Å². The lowest BCUT2D eigenvalue weighted by Gasteiger charge is -2.28. The maximum atomic E-state index is 13.8. The largest absolute Gasteiger partial charge is 0.362 e. The van der Waals surface area contributed by atoms with Gasteiger partial charge in [-0.2, -0.15) is 0 Å². The van der Waals surface area contributed by atoms with E-state index < -0.39 is 16.9 Å². The highest BCUT2D eigenvalue weighted by Crippen LogP contribution is 2.37. The van der Waals surface area contributed by atoms with Gasteiger partial charge in [0.25, 0.3) is 5.69 Å². The van der Waals surface area contributed by atoms with Gasteiger partial charge in [-0.25, -0.2) is 4.98 Å². The Morgan fingerprint density at radius 1 is 0.812 bits per heavy atom. The Balaban J connectivity index is 1.87. The van der Waals surface area contributed by atoms with Crippen molar-refractivity contribution in [1.29, 1.82) is 0 Å². The molecule has 1 heterocycles. The summed E-state index contributed by atoms with van der Waals surface area (Å²) in [5.41, 5.74) is 1.97. The number of carbonyl (C=O) groups excluding carboxylic acids is 1. The molecule has 0 aliphatic rings. The Morgan fingerprint density at radius 2 is 1.47 bits per heavy atom. The summed E-state index contributed by atoms with van der Waals surface area (Å²) in [6, 6.07) is 29.8. The van der Waals surface area contributed by atoms with E-state index in [-0.39, 0.29) is 11.5 Å². The number of hydrogen-bond donors (Lipinski definition) is 1. The van der Waals surface area contributed by atoms with E-state index in [9.17, 15) is 14.9 Å². The summed E-state index contributed by atoms with van der Waals surface area (Å²) in [7, 11) is 0. The van der Waals surface area contributed by atoms with Crippen molar-refractivity contribution in [3.63, 3.8) is 0 Å². The Kier molecular flexibility index (Phi) is 6.32. The highest BCUT2D eigenvalue weighted by molar-refractivity contribution is 6.01. The molecule has 6 nitrogen and oxygen atoms in total. The first-order chi connectivity index (χ1) is 15.6. The highest BCUT2D eigenvalue weighted by atomic mass is 16.6. The zero-order valence-corrected chi connectivity index (χ0v) is 17.2. The number of rotatable bonds is 8. The van der Waals surface area contributed by atoms with E-state index in [1.54, 1.807) is 42.6 Å². The third kappa shape index (κ3) is 4.70. The van der Waals surface area contributed by atoms with Crippen LogP contribution >= 0.6 is 0 Å². The van der Waals surface area contributed by atoms with E-state index in [1.807, 2.05) is 54.6 Å². The summed E-state index contributed by atoms with van der Waals surface area (Å²) < 4.78 is 0. The van der Waals surface area contributed by atoms with Crippen LogP contribution in [0.25, 0.3) is 0 Å². The second kappa shape index (κ2) is 9.66. The topological polar surface area (TPSA) is 85.1 Å². The molecule has 6 heteroatoms. The molecule has 158 valence electrons. The van der Waals surface area contributed by atoms with Crippen LogP contribution in [0.1, 0.15) is 33.4 Å². The molecule has 3 aromatic carbocycles. The van der Waals surface area contributed by atoms with Crippen LogP contribution in [0.4, 0.5) is 11.5 Å². The molecule has 0 radical (unpaired) electrons. The van der Waals surface area contributed by atoms with Crippen LogP contribution in [0, 0.1) is 10.1 Å². The molecule has 0 fully saturated rings. The maximum absolute atomic E-state index is 13.8. The first kappa shape index (κ1) is 20.9. The molecule has 4 aromatic rings. The SMILES string of the molecule is O=C(c1ccccc1)[C@@H](c1ccccc1)[C@@H](Nc1ccccn1)c1cccc([N+](=O)[O-])c1. The van der Waals surface area contributed by atoms with Crippen molar-refractivity contribution in [2.45, 2.75) is 12.0 Å². The van der Waals surface area contributed by atoms with Crippen LogP contribution in [0.5, 0.6) is 0 Å². The fraction of sp³-hybridized carbons (Fsp3) is 0.0769. The minimum absolute atomic E-state index is 0.0331. The number of aromatic nitrogens is 1. The van der Waals surface area contributed by atoms with Crippen LogP contribution in [-0.2, 0) is 0 Å². The summed E-state index contributed by atoms with van der Waals surface area (Å²) in [4.78, 5) is 29.1. The third-order valence-electron chi connectivity index (χ3n) is 5.24. The van der Waals surface area contributed by atoms with Gasteiger partial charge in [0.15, 0.2) is 5.78 Å². The number of anilines is 1. The molecule has 1 aromatic heterocycles. The van der Waals surface area contributed by atoms with E-state index in [4.69, 9.17) is 0 Å². The summed E-state index contributed by atoms with van der Waals surface area (Å²) in [5, 5.41) is 14.8. The first-order valence-electron chi connectivity index (χ1n) is 10.2. The van der Waals surface area contributed by atoms with Gasteiger partial charge in [-0.3, -0.25) is 14.9 Å². The molecule has 4 rings (SSSR count). The molecular formula is C26H21N3O3. The van der Waals surface area contributed by atoms with Crippen molar-refractivity contribution in [2.75, 3.05) is 5.32 Å². The molecule has 0 spiro atoms. The van der Waals surface area contributed by atoms with Gasteiger partial charge >= 0.3 is 0 Å². The van der Waals surface area contributed by atoms with Gasteiger partial charge in [0, 0.05) is 23.9 Å². The lowest BCUT2D eigenvalue weighted by Crippen LogP contribution is -2.27. The standard InChI is InChI=1S/C26H21N3O3/c30-26(20-12-5-2-6-13-20)24(19-10-3-1-4-11-19)25(28-23-16-7-8-17-27-23)21-14-9-15-22(18-21)29(31)32/h1-18,24-25H,(H,27,28)/t24-,25-/m0/s1. The molecule has 32 heavy (non-hydrogen) atoms. The Bertz CT molecular complexity index is 1200. The number of nitro benzene ring substituents is 1. The van der Waals surface area contributed by atoms with Crippen molar-refractivity contribution >= 4 is 17.3 Å². The average molecular weight is 423 g/mol. The third-order valence-corrected chi connectivity index (χ3v) is 5.24. The number of non-ortho nitro benzene ring substituents is 1. The predicted molar refractivity (Wildman–Crippen MR) is 124 cm³/mol. The second-order valence-corrected chi connectivity index (χ2v) is 7.31. The molecule has 0 bridgehead atoms. The van der Waals surface area contributed by atoms with Gasteiger partial charge in [-0.05, 0) is 23.3 Å². The van der Waals surface area contributed by atoms with E-state index in [2.05, 4.69) is 10.3 Å². The smallest absolute Gasteiger partial charge is 0.269 e. The van der Waals surface area contributed by atoms with Crippen LogP contribution < -0.4 is 5.32 Å². The summed E-state index contributed by atoms with van der Waals surface area (Å²) in [6.45, 7) is 0. The monoisotopic (exact) mass is 423 g/mol. The second-order valence-electron chi connectivity index (χ2n) is 7.31.